The van der Waals surface area contributed by atoms with Crippen LogP contribution in [-0.2, 0) is 14.3 Å². The molecule has 2 rings (SSSR count). The van der Waals surface area contributed by atoms with Crippen LogP contribution in [0.25, 0.3) is 0 Å². The number of benzene rings is 1. The second-order valence-electron chi connectivity index (χ2n) is 4.16. The molecule has 3 amide bonds. The zero-order valence-corrected chi connectivity index (χ0v) is 11.9. The van der Waals surface area contributed by atoms with Crippen molar-refractivity contribution in [2.75, 3.05) is 23.6 Å². The van der Waals surface area contributed by atoms with Crippen molar-refractivity contribution >= 4 is 41.0 Å². The number of nitrogens with one attached hydrogen (secondary N) is 1. The number of hydrogen-bond donors (Lipinski definition) is 1. The standard InChI is InChI=1S/C13H14N2O4S/c1-19-13(18)14-8-3-5-9(6-4-8)15-11(16)7-10(20-2)12(15)17/h3-6,10H,7H2,1-2H3,(H,14,18). The molecule has 1 aromatic rings. The Hall–Kier alpha value is -2.02. The molecule has 1 N–H and O–H groups in total. The number of methoxy groups -OCH3 is 1. The number of imide groups is 1. The lowest BCUT2D eigenvalue weighted by Gasteiger charge is -2.15. The summed E-state index contributed by atoms with van der Waals surface area (Å²) in [6, 6.07) is 6.45. The maximum absolute atomic E-state index is 12.1. The molecule has 1 aromatic carbocycles. The first-order chi connectivity index (χ1) is 9.56. The lowest BCUT2D eigenvalue weighted by molar-refractivity contribution is -0.121. The summed E-state index contributed by atoms with van der Waals surface area (Å²) in [7, 11) is 1.27. The van der Waals surface area contributed by atoms with Crippen LogP contribution in [0.15, 0.2) is 24.3 Å². The molecule has 1 unspecified atom stereocenters. The van der Waals surface area contributed by atoms with Gasteiger partial charge in [0, 0.05) is 12.1 Å². The molecule has 6 nitrogen and oxygen atoms in total. The largest absolute Gasteiger partial charge is 0.453 e. The fourth-order valence-electron chi connectivity index (χ4n) is 1.92. The summed E-state index contributed by atoms with van der Waals surface area (Å²) in [5.74, 6) is -0.404. The van der Waals surface area contributed by atoms with Crippen molar-refractivity contribution < 1.29 is 19.1 Å². The van der Waals surface area contributed by atoms with Crippen LogP contribution in [0.3, 0.4) is 0 Å². The summed E-state index contributed by atoms with van der Waals surface area (Å²) in [5, 5.41) is 2.19. The molecule has 20 heavy (non-hydrogen) atoms. The first-order valence-corrected chi connectivity index (χ1v) is 7.20. The van der Waals surface area contributed by atoms with Gasteiger partial charge in [0.05, 0.1) is 18.0 Å². The molecule has 1 saturated heterocycles. The Balaban J connectivity index is 2.16. The van der Waals surface area contributed by atoms with Crippen LogP contribution in [-0.4, -0.2) is 36.5 Å². The molecule has 1 atom stereocenters. The number of carbonyl (C=O) groups excluding carboxylic acids is 3. The number of nitrogens with zero attached hydrogens (tertiary/aromatic N) is 1. The lowest BCUT2D eigenvalue weighted by Crippen LogP contribution is -2.31. The summed E-state index contributed by atoms with van der Waals surface area (Å²) in [4.78, 5) is 36.2. The van der Waals surface area contributed by atoms with Gasteiger partial charge in [0.1, 0.15) is 0 Å². The van der Waals surface area contributed by atoms with Gasteiger partial charge in [0.15, 0.2) is 0 Å². The Labute approximate surface area is 120 Å². The summed E-state index contributed by atoms with van der Waals surface area (Å²) >= 11 is 1.37. The van der Waals surface area contributed by atoms with E-state index in [1.54, 1.807) is 24.3 Å². The van der Waals surface area contributed by atoms with Crippen molar-refractivity contribution in [3.63, 3.8) is 0 Å². The predicted molar refractivity (Wildman–Crippen MR) is 76.9 cm³/mol. The van der Waals surface area contributed by atoms with E-state index < -0.39 is 6.09 Å². The molecule has 7 heteroatoms. The zero-order valence-electron chi connectivity index (χ0n) is 11.1. The van der Waals surface area contributed by atoms with Crippen LogP contribution < -0.4 is 10.2 Å². The average molecular weight is 294 g/mol. The van der Waals surface area contributed by atoms with Crippen LogP contribution in [0.5, 0.6) is 0 Å². The van der Waals surface area contributed by atoms with E-state index in [0.717, 1.165) is 0 Å². The molecule has 0 aromatic heterocycles. The monoisotopic (exact) mass is 294 g/mol. The number of hydrogen-bond acceptors (Lipinski definition) is 5. The van der Waals surface area contributed by atoms with Gasteiger partial charge < -0.3 is 4.74 Å². The lowest BCUT2D eigenvalue weighted by atomic mass is 10.2. The molecule has 1 fully saturated rings. The van der Waals surface area contributed by atoms with Crippen LogP contribution in [0.4, 0.5) is 16.2 Å². The zero-order chi connectivity index (χ0) is 14.7. The van der Waals surface area contributed by atoms with Crippen molar-refractivity contribution in [3.05, 3.63) is 24.3 Å². The number of ether oxygens (including phenoxy) is 1. The predicted octanol–water partition coefficient (Wildman–Crippen LogP) is 1.86. The van der Waals surface area contributed by atoms with Gasteiger partial charge in [0.25, 0.3) is 0 Å². The normalized spacial score (nSPS) is 18.3. The van der Waals surface area contributed by atoms with Crippen molar-refractivity contribution in [3.8, 4) is 0 Å². The Morgan fingerprint density at radius 3 is 2.50 bits per heavy atom. The third-order valence-electron chi connectivity index (χ3n) is 2.95. The quantitative estimate of drug-likeness (QED) is 0.861. The summed E-state index contributed by atoms with van der Waals surface area (Å²) in [5.41, 5.74) is 1.04. The molecule has 1 heterocycles. The van der Waals surface area contributed by atoms with Gasteiger partial charge in [-0.25, -0.2) is 9.69 Å². The van der Waals surface area contributed by atoms with Crippen LogP contribution in [0.2, 0.25) is 0 Å². The number of amides is 3. The summed E-state index contributed by atoms with van der Waals surface area (Å²) < 4.78 is 4.48. The van der Waals surface area contributed by atoms with Crippen molar-refractivity contribution in [1.82, 2.24) is 0 Å². The van der Waals surface area contributed by atoms with Gasteiger partial charge in [-0.3, -0.25) is 14.9 Å². The molecule has 0 aliphatic carbocycles. The molecule has 1 aliphatic heterocycles. The average Bonchev–Trinajstić information content (AvgIpc) is 2.74. The van der Waals surface area contributed by atoms with Crippen LogP contribution in [0.1, 0.15) is 6.42 Å². The highest BCUT2D eigenvalue weighted by Crippen LogP contribution is 2.29. The van der Waals surface area contributed by atoms with E-state index in [1.165, 1.54) is 23.8 Å². The van der Waals surface area contributed by atoms with Gasteiger partial charge >= 0.3 is 6.09 Å². The van der Waals surface area contributed by atoms with Crippen molar-refractivity contribution in [1.29, 1.82) is 0 Å². The van der Waals surface area contributed by atoms with Crippen molar-refractivity contribution in [2.24, 2.45) is 0 Å². The Bertz CT molecular complexity index is 544. The summed E-state index contributed by atoms with van der Waals surface area (Å²) in [6.45, 7) is 0. The second-order valence-corrected chi connectivity index (χ2v) is 5.20. The highest BCUT2D eigenvalue weighted by molar-refractivity contribution is 8.00. The van der Waals surface area contributed by atoms with E-state index >= 15 is 0 Å². The highest BCUT2D eigenvalue weighted by Gasteiger charge is 2.38. The SMILES string of the molecule is COC(=O)Nc1ccc(N2C(=O)CC(SC)C2=O)cc1. The molecule has 0 radical (unpaired) electrons. The Morgan fingerprint density at radius 2 is 2.00 bits per heavy atom. The van der Waals surface area contributed by atoms with E-state index in [-0.39, 0.29) is 23.5 Å². The smallest absolute Gasteiger partial charge is 0.411 e. The third kappa shape index (κ3) is 2.77. The number of thioether (sulfide) groups is 1. The van der Waals surface area contributed by atoms with Gasteiger partial charge in [-0.05, 0) is 30.5 Å². The van der Waals surface area contributed by atoms with Gasteiger partial charge in [0.2, 0.25) is 11.8 Å². The Kier molecular flexibility index (Phi) is 4.29. The van der Waals surface area contributed by atoms with Gasteiger partial charge in [-0.1, -0.05) is 0 Å². The molecule has 0 saturated carbocycles. The van der Waals surface area contributed by atoms with E-state index in [2.05, 4.69) is 10.1 Å². The minimum absolute atomic E-state index is 0.198. The Morgan fingerprint density at radius 1 is 1.35 bits per heavy atom. The third-order valence-corrected chi connectivity index (χ3v) is 3.88. The second kappa shape index (κ2) is 5.96. The molecule has 1 aliphatic rings. The fraction of sp³-hybridized carbons (Fsp3) is 0.308. The highest BCUT2D eigenvalue weighted by atomic mass is 32.2. The van der Waals surface area contributed by atoms with Crippen LogP contribution >= 0.6 is 11.8 Å². The van der Waals surface area contributed by atoms with E-state index in [9.17, 15) is 14.4 Å². The maximum Gasteiger partial charge on any atom is 0.411 e. The molecule has 106 valence electrons. The fourth-order valence-corrected chi connectivity index (χ4v) is 2.54. The molecule has 0 bridgehead atoms. The number of rotatable bonds is 3. The van der Waals surface area contributed by atoms with Crippen LogP contribution in [0, 0.1) is 0 Å². The minimum Gasteiger partial charge on any atom is -0.453 e. The number of carbonyl (C=O) groups is 3. The topological polar surface area (TPSA) is 75.7 Å². The van der Waals surface area contributed by atoms with Gasteiger partial charge in [-0.2, -0.15) is 11.8 Å². The van der Waals surface area contributed by atoms with E-state index in [0.29, 0.717) is 11.4 Å². The maximum atomic E-state index is 12.1. The first-order valence-electron chi connectivity index (χ1n) is 5.91. The van der Waals surface area contributed by atoms with Crippen molar-refractivity contribution in [2.45, 2.75) is 11.7 Å². The molecule has 0 spiro atoms. The summed E-state index contributed by atoms with van der Waals surface area (Å²) in [6.07, 6.45) is 1.46. The number of anilines is 2. The minimum atomic E-state index is -0.575. The first kappa shape index (κ1) is 14.4. The molecular weight excluding hydrogens is 280 g/mol. The molecular formula is C13H14N2O4S. The van der Waals surface area contributed by atoms with E-state index in [4.69, 9.17) is 0 Å². The van der Waals surface area contributed by atoms with Gasteiger partial charge in [-0.15, -0.1) is 0 Å². The van der Waals surface area contributed by atoms with E-state index in [1.807, 2.05) is 6.26 Å².